The molecule has 0 aliphatic carbocycles. The number of carbonyl (C=O) groups excluding carboxylic acids is 2. The zero-order chi connectivity index (χ0) is 24.9. The summed E-state index contributed by atoms with van der Waals surface area (Å²) in [6, 6.07) is 22.8. The lowest BCUT2D eigenvalue weighted by atomic mass is 9.93. The van der Waals surface area contributed by atoms with Crippen LogP contribution in [0.25, 0.3) is 11.3 Å². The number of aryl methyl sites for hydroxylation is 1. The third kappa shape index (κ3) is 4.77. The zero-order valence-corrected chi connectivity index (χ0v) is 20.0. The van der Waals surface area contributed by atoms with Crippen molar-refractivity contribution in [2.24, 2.45) is 0 Å². The van der Waals surface area contributed by atoms with Crippen LogP contribution in [0.15, 0.2) is 78.9 Å². The highest BCUT2D eigenvalue weighted by molar-refractivity contribution is 6.16. The molecule has 0 saturated carbocycles. The first-order valence-corrected chi connectivity index (χ1v) is 11.0. The highest BCUT2D eigenvalue weighted by atomic mass is 16.5. The normalized spacial score (nSPS) is 10.5. The molecule has 6 nitrogen and oxygen atoms in total. The Morgan fingerprint density at radius 2 is 1.31 bits per heavy atom. The first-order chi connectivity index (χ1) is 17.0. The van der Waals surface area contributed by atoms with Crippen molar-refractivity contribution in [3.63, 3.8) is 0 Å². The summed E-state index contributed by atoms with van der Waals surface area (Å²) in [5.41, 5.74) is 3.35. The van der Waals surface area contributed by atoms with E-state index < -0.39 is 0 Å². The van der Waals surface area contributed by atoms with Crippen molar-refractivity contribution < 1.29 is 23.8 Å². The molecule has 35 heavy (non-hydrogen) atoms. The van der Waals surface area contributed by atoms with Crippen LogP contribution in [-0.4, -0.2) is 37.9 Å². The van der Waals surface area contributed by atoms with E-state index in [1.54, 1.807) is 74.7 Å². The number of benzene rings is 3. The van der Waals surface area contributed by atoms with Gasteiger partial charge in [-0.25, -0.2) is 0 Å². The average molecular weight is 468 g/mol. The van der Waals surface area contributed by atoms with Crippen molar-refractivity contribution in [1.29, 1.82) is 0 Å². The third-order valence-electron chi connectivity index (χ3n) is 5.75. The van der Waals surface area contributed by atoms with Gasteiger partial charge in [0, 0.05) is 33.5 Å². The molecule has 1 aromatic heterocycles. The van der Waals surface area contributed by atoms with Crippen LogP contribution < -0.4 is 14.2 Å². The largest absolute Gasteiger partial charge is 0.497 e. The summed E-state index contributed by atoms with van der Waals surface area (Å²) in [7, 11) is 4.64. The number of hydrogen-bond donors (Lipinski definition) is 0. The summed E-state index contributed by atoms with van der Waals surface area (Å²) >= 11 is 0. The minimum Gasteiger partial charge on any atom is -0.497 e. The number of carbonyl (C=O) groups is 2. The fourth-order valence-electron chi connectivity index (χ4n) is 3.86. The van der Waals surface area contributed by atoms with Crippen LogP contribution in [-0.2, 0) is 0 Å². The van der Waals surface area contributed by atoms with Crippen molar-refractivity contribution >= 4 is 11.6 Å². The summed E-state index contributed by atoms with van der Waals surface area (Å²) < 4.78 is 15.9. The molecule has 176 valence electrons. The van der Waals surface area contributed by atoms with Gasteiger partial charge in [0.15, 0.2) is 23.1 Å². The number of ether oxygens (including phenoxy) is 3. The highest BCUT2D eigenvalue weighted by Crippen LogP contribution is 2.32. The highest BCUT2D eigenvalue weighted by Gasteiger charge is 2.23. The Labute approximate surface area is 204 Å². The molecule has 4 rings (SSSR count). The Morgan fingerprint density at radius 3 is 1.94 bits per heavy atom. The predicted molar refractivity (Wildman–Crippen MR) is 134 cm³/mol. The second-order valence-electron chi connectivity index (χ2n) is 7.84. The fraction of sp³-hybridized carbons (Fsp3) is 0.138. The van der Waals surface area contributed by atoms with Gasteiger partial charge in [-0.1, -0.05) is 30.3 Å². The van der Waals surface area contributed by atoms with E-state index in [0.29, 0.717) is 50.9 Å². The number of ketones is 2. The molecule has 1 heterocycles. The Morgan fingerprint density at radius 1 is 0.657 bits per heavy atom. The number of nitrogens with zero attached hydrogens (tertiary/aromatic N) is 1. The van der Waals surface area contributed by atoms with E-state index in [1.165, 1.54) is 14.2 Å². The fourth-order valence-corrected chi connectivity index (χ4v) is 3.86. The van der Waals surface area contributed by atoms with Gasteiger partial charge in [-0.15, -0.1) is 0 Å². The maximum Gasteiger partial charge on any atom is 0.195 e. The smallest absolute Gasteiger partial charge is 0.195 e. The number of hydrogen-bond acceptors (Lipinski definition) is 6. The number of rotatable bonds is 8. The Balaban J connectivity index is 1.89. The molecule has 0 spiro atoms. The maximum atomic E-state index is 13.8. The molecule has 0 aliphatic heterocycles. The predicted octanol–water partition coefficient (Wildman–Crippen LogP) is 5.54. The summed E-state index contributed by atoms with van der Waals surface area (Å²) in [5, 5.41) is 0. The second kappa shape index (κ2) is 10.2. The molecule has 0 radical (unpaired) electrons. The van der Waals surface area contributed by atoms with Crippen LogP contribution in [0.3, 0.4) is 0 Å². The molecule has 0 saturated heterocycles. The number of pyridine rings is 1. The van der Waals surface area contributed by atoms with Gasteiger partial charge in [0.05, 0.1) is 27.0 Å². The van der Waals surface area contributed by atoms with Gasteiger partial charge >= 0.3 is 0 Å². The van der Waals surface area contributed by atoms with Crippen molar-refractivity contribution in [2.75, 3.05) is 21.3 Å². The van der Waals surface area contributed by atoms with Crippen molar-refractivity contribution in [2.45, 2.75) is 6.92 Å². The maximum absolute atomic E-state index is 13.8. The van der Waals surface area contributed by atoms with Crippen LogP contribution in [0.1, 0.15) is 37.5 Å². The monoisotopic (exact) mass is 467 g/mol. The first-order valence-electron chi connectivity index (χ1n) is 11.0. The molecular weight excluding hydrogens is 442 g/mol. The van der Waals surface area contributed by atoms with E-state index in [-0.39, 0.29) is 11.6 Å². The van der Waals surface area contributed by atoms with E-state index in [9.17, 15) is 9.59 Å². The number of methoxy groups -OCH3 is 3. The summed E-state index contributed by atoms with van der Waals surface area (Å²) in [6.45, 7) is 1.77. The minimum absolute atomic E-state index is 0.196. The van der Waals surface area contributed by atoms with Gasteiger partial charge in [-0.3, -0.25) is 14.6 Å². The van der Waals surface area contributed by atoms with Gasteiger partial charge in [0.1, 0.15) is 5.75 Å². The number of aromatic nitrogens is 1. The van der Waals surface area contributed by atoms with Crippen LogP contribution in [0, 0.1) is 6.92 Å². The topological polar surface area (TPSA) is 74.7 Å². The molecule has 6 heteroatoms. The lowest BCUT2D eigenvalue weighted by Crippen LogP contribution is -2.12. The Bertz CT molecular complexity index is 1380. The minimum atomic E-state index is -0.286. The van der Waals surface area contributed by atoms with Crippen molar-refractivity contribution in [3.05, 3.63) is 107 Å². The molecule has 0 aliphatic rings. The summed E-state index contributed by atoms with van der Waals surface area (Å²) in [6.07, 6.45) is 0. The first kappa shape index (κ1) is 23.7. The van der Waals surface area contributed by atoms with E-state index in [1.807, 2.05) is 18.2 Å². The van der Waals surface area contributed by atoms with Crippen LogP contribution >= 0.6 is 0 Å². The molecule has 4 aromatic rings. The summed E-state index contributed by atoms with van der Waals surface area (Å²) in [4.78, 5) is 31.8. The van der Waals surface area contributed by atoms with Crippen LogP contribution in [0.5, 0.6) is 17.2 Å². The third-order valence-corrected chi connectivity index (χ3v) is 5.75. The zero-order valence-electron chi connectivity index (χ0n) is 20.0. The van der Waals surface area contributed by atoms with Gasteiger partial charge in [0.2, 0.25) is 0 Å². The summed E-state index contributed by atoms with van der Waals surface area (Å²) in [5.74, 6) is 1.16. The molecule has 0 atom stereocenters. The van der Waals surface area contributed by atoms with Crippen LogP contribution in [0.2, 0.25) is 0 Å². The van der Waals surface area contributed by atoms with E-state index in [0.717, 1.165) is 5.56 Å². The molecule has 0 fully saturated rings. The molecule has 0 bridgehead atoms. The van der Waals surface area contributed by atoms with Crippen LogP contribution in [0.4, 0.5) is 0 Å². The van der Waals surface area contributed by atoms with Gasteiger partial charge in [-0.05, 0) is 55.5 Å². The van der Waals surface area contributed by atoms with Crippen molar-refractivity contribution in [1.82, 2.24) is 4.98 Å². The quantitative estimate of drug-likeness (QED) is 0.317. The molecule has 3 aromatic carbocycles. The lowest BCUT2D eigenvalue weighted by molar-refractivity contribution is 0.103. The Hall–Kier alpha value is -4.45. The van der Waals surface area contributed by atoms with Gasteiger partial charge in [-0.2, -0.15) is 0 Å². The molecule has 0 unspecified atom stereocenters. The van der Waals surface area contributed by atoms with Crippen molar-refractivity contribution in [3.8, 4) is 28.5 Å². The van der Waals surface area contributed by atoms with E-state index >= 15 is 0 Å². The molecular formula is C29H25NO5. The standard InChI is InChI=1S/C29H25NO5/c1-18-23(28(31)20-8-6-5-7-9-20)17-24(27(30-18)19-10-13-22(33-2)14-11-19)29(32)21-12-15-25(34-3)26(16-21)35-4/h5-17H,1-4H3. The van der Waals surface area contributed by atoms with E-state index in [4.69, 9.17) is 19.2 Å². The van der Waals surface area contributed by atoms with Gasteiger partial charge in [0.25, 0.3) is 0 Å². The van der Waals surface area contributed by atoms with Gasteiger partial charge < -0.3 is 14.2 Å². The lowest BCUT2D eigenvalue weighted by Gasteiger charge is -2.15. The van der Waals surface area contributed by atoms with E-state index in [2.05, 4.69) is 0 Å². The molecule has 0 amide bonds. The SMILES string of the molecule is COc1ccc(-c2nc(C)c(C(=O)c3ccccc3)cc2C(=O)c2ccc(OC)c(OC)c2)cc1. The Kier molecular flexibility index (Phi) is 6.92. The second-order valence-corrected chi connectivity index (χ2v) is 7.84. The molecule has 0 N–H and O–H groups in total. The average Bonchev–Trinajstić information content (AvgIpc) is 2.92.